The van der Waals surface area contributed by atoms with Gasteiger partial charge in [0.15, 0.2) is 0 Å². The summed E-state index contributed by atoms with van der Waals surface area (Å²) in [6.45, 7) is 0.233. The van der Waals surface area contributed by atoms with Crippen molar-refractivity contribution in [3.8, 4) is 0 Å². The van der Waals surface area contributed by atoms with E-state index < -0.39 is 15.8 Å². The first-order valence-electron chi connectivity index (χ1n) is 6.15. The molecule has 2 aromatic rings. The summed E-state index contributed by atoms with van der Waals surface area (Å²) in [4.78, 5) is 0.857. The number of nitrogens with one attached hydrogen (secondary N) is 1. The number of nitrogens with two attached hydrogens (primary N) is 1. The Morgan fingerprint density at radius 3 is 2.67 bits per heavy atom. The average molecular weight is 349 g/mol. The van der Waals surface area contributed by atoms with Crippen molar-refractivity contribution in [2.24, 2.45) is 5.73 Å². The highest BCUT2D eigenvalue weighted by atomic mass is 35.5. The second kappa shape index (κ2) is 6.85. The summed E-state index contributed by atoms with van der Waals surface area (Å²) in [5.41, 5.74) is 5.87. The first kappa shape index (κ1) is 16.4. The molecule has 3 N–H and O–H groups in total. The van der Waals surface area contributed by atoms with E-state index in [2.05, 4.69) is 4.72 Å². The molecule has 0 aliphatic rings. The van der Waals surface area contributed by atoms with Crippen LogP contribution in [-0.2, 0) is 23.0 Å². The molecule has 114 valence electrons. The SMILES string of the molecule is NCc1ccc(F)cc1S(=O)(=O)NCCc1ccc(Cl)s1. The van der Waals surface area contributed by atoms with Crippen LogP contribution in [0.3, 0.4) is 0 Å². The molecule has 2 rings (SSSR count). The Morgan fingerprint density at radius 2 is 2.05 bits per heavy atom. The lowest BCUT2D eigenvalue weighted by Crippen LogP contribution is -2.27. The van der Waals surface area contributed by atoms with Gasteiger partial charge in [-0.25, -0.2) is 17.5 Å². The highest BCUT2D eigenvalue weighted by molar-refractivity contribution is 7.89. The fourth-order valence-electron chi connectivity index (χ4n) is 1.82. The number of benzene rings is 1. The fraction of sp³-hybridized carbons (Fsp3) is 0.231. The van der Waals surface area contributed by atoms with E-state index in [4.69, 9.17) is 17.3 Å². The highest BCUT2D eigenvalue weighted by Crippen LogP contribution is 2.22. The lowest BCUT2D eigenvalue weighted by Gasteiger charge is -2.10. The molecule has 0 amide bonds. The molecule has 0 aliphatic heterocycles. The Balaban J connectivity index is 2.09. The first-order chi connectivity index (χ1) is 9.92. The minimum Gasteiger partial charge on any atom is -0.326 e. The van der Waals surface area contributed by atoms with E-state index >= 15 is 0 Å². The number of sulfonamides is 1. The van der Waals surface area contributed by atoms with E-state index in [0.29, 0.717) is 16.3 Å². The molecule has 1 heterocycles. The molecule has 0 saturated carbocycles. The number of rotatable bonds is 6. The second-order valence-corrected chi connectivity index (χ2v) is 7.84. The zero-order chi connectivity index (χ0) is 15.5. The maximum absolute atomic E-state index is 13.3. The summed E-state index contributed by atoms with van der Waals surface area (Å²) >= 11 is 7.20. The summed E-state index contributed by atoms with van der Waals surface area (Å²) in [5.74, 6) is -0.613. The van der Waals surface area contributed by atoms with Gasteiger partial charge >= 0.3 is 0 Å². The number of hydrogen-bond donors (Lipinski definition) is 2. The van der Waals surface area contributed by atoms with Crippen LogP contribution in [0.15, 0.2) is 35.2 Å². The molecule has 0 aliphatic carbocycles. The predicted octanol–water partition coefficient (Wildman–Crippen LogP) is 2.52. The standard InChI is InChI=1S/C13H14ClFN2O2S2/c14-13-4-3-11(20-13)5-6-17-21(18,19)12-7-10(15)2-1-9(12)8-16/h1-4,7,17H,5-6,8,16H2. The van der Waals surface area contributed by atoms with Crippen molar-refractivity contribution < 1.29 is 12.8 Å². The minimum absolute atomic E-state index is 0.0249. The molecular weight excluding hydrogens is 335 g/mol. The number of thiophene rings is 1. The smallest absolute Gasteiger partial charge is 0.241 e. The highest BCUT2D eigenvalue weighted by Gasteiger charge is 2.18. The van der Waals surface area contributed by atoms with Gasteiger partial charge in [0.05, 0.1) is 9.23 Å². The average Bonchev–Trinajstić information content (AvgIpc) is 2.84. The van der Waals surface area contributed by atoms with E-state index in [-0.39, 0.29) is 18.0 Å². The van der Waals surface area contributed by atoms with Gasteiger partial charge in [-0.2, -0.15) is 0 Å². The van der Waals surface area contributed by atoms with Gasteiger partial charge in [0.25, 0.3) is 0 Å². The van der Waals surface area contributed by atoms with Gasteiger partial charge in [-0.05, 0) is 36.2 Å². The van der Waals surface area contributed by atoms with Crippen molar-refractivity contribution in [3.63, 3.8) is 0 Å². The molecule has 1 aromatic heterocycles. The molecule has 0 radical (unpaired) electrons. The van der Waals surface area contributed by atoms with Crippen molar-refractivity contribution in [3.05, 3.63) is 50.9 Å². The van der Waals surface area contributed by atoms with E-state index in [1.165, 1.54) is 23.5 Å². The number of halogens is 2. The first-order valence-corrected chi connectivity index (χ1v) is 8.82. The molecule has 1 aromatic carbocycles. The second-order valence-electron chi connectivity index (χ2n) is 4.31. The van der Waals surface area contributed by atoms with Crippen LogP contribution in [0.1, 0.15) is 10.4 Å². The van der Waals surface area contributed by atoms with Gasteiger partial charge < -0.3 is 5.73 Å². The van der Waals surface area contributed by atoms with E-state index in [9.17, 15) is 12.8 Å². The largest absolute Gasteiger partial charge is 0.326 e. The summed E-state index contributed by atoms with van der Waals surface area (Å²) in [7, 11) is -3.79. The summed E-state index contributed by atoms with van der Waals surface area (Å²) < 4.78 is 40.8. The maximum Gasteiger partial charge on any atom is 0.241 e. The van der Waals surface area contributed by atoms with Gasteiger partial charge in [0.2, 0.25) is 10.0 Å². The molecule has 8 heteroatoms. The Kier molecular flexibility index (Phi) is 5.34. The summed E-state index contributed by atoms with van der Waals surface area (Å²) in [6, 6.07) is 7.15. The lowest BCUT2D eigenvalue weighted by molar-refractivity contribution is 0.576. The summed E-state index contributed by atoms with van der Waals surface area (Å²) in [5, 5.41) is 0. The molecule has 21 heavy (non-hydrogen) atoms. The molecule has 0 fully saturated rings. The van der Waals surface area contributed by atoms with Crippen molar-refractivity contribution in [2.45, 2.75) is 17.9 Å². The van der Waals surface area contributed by atoms with E-state index in [1.807, 2.05) is 6.07 Å². The van der Waals surface area contributed by atoms with E-state index in [1.54, 1.807) is 6.07 Å². The Hall–Kier alpha value is -0.990. The predicted molar refractivity (Wildman–Crippen MR) is 82.5 cm³/mol. The van der Waals surface area contributed by atoms with Crippen LogP contribution >= 0.6 is 22.9 Å². The topological polar surface area (TPSA) is 72.2 Å². The van der Waals surface area contributed by atoms with Crippen LogP contribution in [0.5, 0.6) is 0 Å². The third kappa shape index (κ3) is 4.24. The molecule has 0 atom stereocenters. The van der Waals surface area contributed by atoms with Crippen LogP contribution in [0.4, 0.5) is 4.39 Å². The third-order valence-electron chi connectivity index (χ3n) is 2.83. The lowest BCUT2D eigenvalue weighted by atomic mass is 10.2. The summed E-state index contributed by atoms with van der Waals surface area (Å²) in [6.07, 6.45) is 0.518. The third-order valence-corrected chi connectivity index (χ3v) is 5.67. The Labute approximate surface area is 131 Å². The van der Waals surface area contributed by atoms with Gasteiger partial charge in [-0.3, -0.25) is 0 Å². The fourth-order valence-corrected chi connectivity index (χ4v) is 4.20. The van der Waals surface area contributed by atoms with Crippen LogP contribution in [0.25, 0.3) is 0 Å². The normalized spacial score (nSPS) is 11.8. The van der Waals surface area contributed by atoms with Gasteiger partial charge in [-0.1, -0.05) is 17.7 Å². The Morgan fingerprint density at radius 1 is 1.29 bits per heavy atom. The quantitative estimate of drug-likeness (QED) is 0.842. The van der Waals surface area contributed by atoms with E-state index in [0.717, 1.165) is 10.9 Å². The number of hydrogen-bond acceptors (Lipinski definition) is 4. The molecular formula is C13H14ClFN2O2S2. The van der Waals surface area contributed by atoms with Crippen molar-refractivity contribution in [1.82, 2.24) is 4.72 Å². The van der Waals surface area contributed by atoms with Crippen molar-refractivity contribution >= 4 is 33.0 Å². The molecule has 0 unspecified atom stereocenters. The minimum atomic E-state index is -3.79. The monoisotopic (exact) mass is 348 g/mol. The van der Waals surface area contributed by atoms with Gasteiger partial charge in [0.1, 0.15) is 5.82 Å². The molecule has 0 saturated heterocycles. The molecule has 4 nitrogen and oxygen atoms in total. The molecule has 0 spiro atoms. The maximum atomic E-state index is 13.3. The molecule has 0 bridgehead atoms. The van der Waals surface area contributed by atoms with Crippen LogP contribution in [-0.4, -0.2) is 15.0 Å². The van der Waals surface area contributed by atoms with Crippen molar-refractivity contribution in [2.75, 3.05) is 6.54 Å². The Bertz CT molecular complexity index is 732. The van der Waals surface area contributed by atoms with Gasteiger partial charge in [-0.15, -0.1) is 11.3 Å². The van der Waals surface area contributed by atoms with Crippen LogP contribution in [0.2, 0.25) is 4.34 Å². The van der Waals surface area contributed by atoms with Crippen LogP contribution < -0.4 is 10.5 Å². The zero-order valence-corrected chi connectivity index (χ0v) is 13.4. The van der Waals surface area contributed by atoms with Crippen LogP contribution in [0, 0.1) is 5.82 Å². The van der Waals surface area contributed by atoms with Gasteiger partial charge in [0, 0.05) is 18.0 Å². The zero-order valence-electron chi connectivity index (χ0n) is 11.0. The van der Waals surface area contributed by atoms with Crippen molar-refractivity contribution in [1.29, 1.82) is 0 Å².